The van der Waals surface area contributed by atoms with Crippen LogP contribution >= 0.6 is 0 Å². The zero-order valence-electron chi connectivity index (χ0n) is 42.4. The smallest absolute Gasteiger partial charge is 0.121 e. The minimum absolute atomic E-state index is 0. The second-order valence-corrected chi connectivity index (χ2v) is 19.1. The van der Waals surface area contributed by atoms with Crippen molar-refractivity contribution in [1.29, 1.82) is 0 Å². The maximum Gasteiger partial charge on any atom is 0.121 e. The third kappa shape index (κ3) is 7.41. The van der Waals surface area contributed by atoms with Crippen LogP contribution in [0.5, 0.6) is 0 Å². The van der Waals surface area contributed by atoms with E-state index in [1.807, 2.05) is 63.2 Å². The molecule has 0 atom stereocenters. The molecule has 0 fully saturated rings. The fraction of sp³-hybridized carbons (Fsp3) is 0.370. The van der Waals surface area contributed by atoms with E-state index in [0.717, 1.165) is 40.5 Å². The molecule has 3 aromatic heterocycles. The van der Waals surface area contributed by atoms with Crippen LogP contribution in [-0.4, -0.2) is 9.97 Å². The zero-order chi connectivity index (χ0) is 46.6. The number of nitrogens with zero attached hydrogens (tertiary/aromatic N) is 2. The van der Waals surface area contributed by atoms with Crippen LogP contribution in [0.2, 0.25) is 0 Å². The van der Waals surface area contributed by atoms with E-state index in [-0.39, 0.29) is 47.5 Å². The molecule has 4 heteroatoms. The molecule has 0 amide bonds. The van der Waals surface area contributed by atoms with Crippen molar-refractivity contribution in [1.82, 2.24) is 9.97 Å². The van der Waals surface area contributed by atoms with Gasteiger partial charge in [-0.15, -0.1) is 54.1 Å². The molecule has 4 aromatic carbocycles. The van der Waals surface area contributed by atoms with Gasteiger partial charge in [0.15, 0.2) is 0 Å². The van der Waals surface area contributed by atoms with Crippen molar-refractivity contribution < 1.29 is 34.1 Å². The normalized spacial score (nSPS) is 18.6. The molecule has 1 spiro atoms. The predicted molar refractivity (Wildman–Crippen MR) is 238 cm³/mol. The van der Waals surface area contributed by atoms with Gasteiger partial charge in [0.25, 0.3) is 0 Å². The van der Waals surface area contributed by atoms with E-state index in [1.165, 1.54) is 28.5 Å². The molecule has 2 aliphatic rings. The fourth-order valence-corrected chi connectivity index (χ4v) is 9.55. The molecule has 0 aliphatic heterocycles. The number of hydrogen-bond acceptors (Lipinski definition) is 3. The topological polar surface area (TPSA) is 38.9 Å². The summed E-state index contributed by atoms with van der Waals surface area (Å²) >= 11 is 0. The van der Waals surface area contributed by atoms with Crippen LogP contribution in [-0.2, 0) is 56.5 Å². The van der Waals surface area contributed by atoms with Gasteiger partial charge in [-0.25, -0.2) is 0 Å². The molecule has 2 aliphatic carbocycles. The molecule has 0 unspecified atom stereocenters. The number of furan rings is 1. The first kappa shape index (κ1) is 33.5. The van der Waals surface area contributed by atoms with Crippen LogP contribution in [0.15, 0.2) is 108 Å². The first-order valence-corrected chi connectivity index (χ1v) is 20.1. The first-order valence-electron chi connectivity index (χ1n) is 23.6. The third-order valence-corrected chi connectivity index (χ3v) is 12.3. The maximum absolute atomic E-state index is 8.97. The number of hydrogen-bond donors (Lipinski definition) is 0. The van der Waals surface area contributed by atoms with Crippen molar-refractivity contribution in [3.8, 4) is 22.5 Å². The van der Waals surface area contributed by atoms with Crippen molar-refractivity contribution in [2.75, 3.05) is 0 Å². The number of pyridine rings is 2. The minimum Gasteiger partial charge on any atom is -0.501 e. The Kier molecular flexibility index (Phi) is 8.67. The Morgan fingerprint density at radius 3 is 2.03 bits per heavy atom. The van der Waals surface area contributed by atoms with Gasteiger partial charge in [-0.2, -0.15) is 0 Å². The summed E-state index contributed by atoms with van der Waals surface area (Å²) in [5.41, 5.74) is 8.88. The van der Waals surface area contributed by atoms with Crippen molar-refractivity contribution in [3.05, 3.63) is 154 Å². The molecule has 0 saturated heterocycles. The molecular weight excluding hydrogens is 885 g/mol. The molecule has 3 nitrogen and oxygen atoms in total. The molecular formula is C54H58IrN2O-2. The predicted octanol–water partition coefficient (Wildman–Crippen LogP) is 13.8. The zero-order valence-corrected chi connectivity index (χ0v) is 37.8. The van der Waals surface area contributed by atoms with Crippen LogP contribution in [0.1, 0.15) is 118 Å². The maximum atomic E-state index is 8.97. The van der Waals surface area contributed by atoms with E-state index in [0.29, 0.717) is 22.4 Å². The van der Waals surface area contributed by atoms with Gasteiger partial charge in [-0.3, -0.25) is 0 Å². The Balaban J connectivity index is 0.000000265. The largest absolute Gasteiger partial charge is 0.501 e. The van der Waals surface area contributed by atoms with Gasteiger partial charge >= 0.3 is 0 Å². The summed E-state index contributed by atoms with van der Waals surface area (Å²) in [6.45, 7) is 18.1. The second-order valence-electron chi connectivity index (χ2n) is 19.1. The minimum atomic E-state index is -2.51. The average molecular weight is 950 g/mol. The molecule has 7 aromatic rings. The van der Waals surface area contributed by atoms with E-state index < -0.39 is 30.4 Å². The molecule has 0 bridgehead atoms. The quantitative estimate of drug-likeness (QED) is 0.165. The van der Waals surface area contributed by atoms with Crippen molar-refractivity contribution in [2.45, 2.75) is 113 Å². The summed E-state index contributed by atoms with van der Waals surface area (Å²) in [6.07, 6.45) is 1.72. The van der Waals surface area contributed by atoms with Gasteiger partial charge < -0.3 is 14.4 Å². The van der Waals surface area contributed by atoms with E-state index >= 15 is 0 Å². The average Bonchev–Trinajstić information content (AvgIpc) is 3.85. The molecule has 1 radical (unpaired) electrons. The third-order valence-electron chi connectivity index (χ3n) is 12.3. The number of aromatic nitrogens is 2. The molecule has 58 heavy (non-hydrogen) atoms. The Hall–Kier alpha value is -4.37. The Labute approximate surface area is 370 Å². The fourth-order valence-electron chi connectivity index (χ4n) is 9.55. The van der Waals surface area contributed by atoms with E-state index in [2.05, 4.69) is 86.2 Å². The first-order chi connectivity index (χ1) is 29.6. The second kappa shape index (κ2) is 15.0. The van der Waals surface area contributed by atoms with Gasteiger partial charge in [0.05, 0.1) is 5.58 Å². The summed E-state index contributed by atoms with van der Waals surface area (Å²) in [5, 5.41) is 1.97. The van der Waals surface area contributed by atoms with Gasteiger partial charge in [0.1, 0.15) is 5.58 Å². The number of aryl methyl sites for hydroxylation is 1. The summed E-state index contributed by atoms with van der Waals surface area (Å²) < 4.78 is 65.5. The Morgan fingerprint density at radius 2 is 1.40 bits per heavy atom. The molecule has 3 heterocycles. The van der Waals surface area contributed by atoms with E-state index in [4.69, 9.17) is 14.0 Å². The van der Waals surface area contributed by atoms with Gasteiger partial charge in [-0.1, -0.05) is 128 Å². The van der Waals surface area contributed by atoms with Gasteiger partial charge in [0, 0.05) is 47.5 Å². The summed E-state index contributed by atoms with van der Waals surface area (Å²) in [5.74, 6) is 0. The van der Waals surface area contributed by atoms with Gasteiger partial charge in [0.2, 0.25) is 0 Å². The number of fused-ring (bicyclic) bond motifs is 5. The molecule has 9 rings (SSSR count). The standard InChI is InChI=1S/C38H40NO.C16H18N.Ir/c1-23-22-39-32(16-26(23)19-35(2,3)4)28-15-11-14-27-29-17-30-31(18-33(29)40-34(27)28)37(7,8)38(36(30,5)6)20-24-12-9-10-13-25(24)21-38;1-16(2,3)12-13-9-10-17-15(11-13)14-7-5-4-6-8-14;/h9-14,16-18,22H,19-21H2,1-8H3;4-7,9-11H,12H2,1-3H3;/q2*-1;/i1D3,19D2;12D2;. The summed E-state index contributed by atoms with van der Waals surface area (Å²) in [6, 6.07) is 36.4. The van der Waals surface area contributed by atoms with Crippen LogP contribution in [0, 0.1) is 35.2 Å². The Bertz CT molecular complexity index is 2890. The summed E-state index contributed by atoms with van der Waals surface area (Å²) in [4.78, 5) is 8.86. The monoisotopic (exact) mass is 950 g/mol. The molecule has 301 valence electrons. The summed E-state index contributed by atoms with van der Waals surface area (Å²) in [7, 11) is 0. The number of rotatable bonds is 4. The van der Waals surface area contributed by atoms with Crippen LogP contribution in [0.4, 0.5) is 0 Å². The van der Waals surface area contributed by atoms with E-state index in [1.54, 1.807) is 39.1 Å². The molecule has 0 N–H and O–H groups in total. The van der Waals surface area contributed by atoms with Gasteiger partial charge in [-0.05, 0) is 117 Å². The molecule has 0 saturated carbocycles. The Morgan fingerprint density at radius 1 is 0.724 bits per heavy atom. The van der Waals surface area contributed by atoms with Crippen LogP contribution in [0.25, 0.3) is 44.5 Å². The van der Waals surface area contributed by atoms with Crippen LogP contribution < -0.4 is 0 Å². The van der Waals surface area contributed by atoms with Crippen molar-refractivity contribution in [3.63, 3.8) is 0 Å². The number of benzene rings is 4. The van der Waals surface area contributed by atoms with Crippen LogP contribution in [0.3, 0.4) is 0 Å². The van der Waals surface area contributed by atoms with E-state index in [9.17, 15) is 0 Å². The SMILES string of the molecule is [2H]C([2H])([2H])c1cnc(-c2[c-]ccc3c2oc2cc4c(cc23)C(C)(C)C2(Cc3ccccc3C2)C4(C)C)cc1C([2H])([2H])C(C)(C)C.[2H]C([2H])(c1ccnc(-c2[c-]cccc2)c1)C(C)(C)C.[Ir]. The van der Waals surface area contributed by atoms with Crippen molar-refractivity contribution in [2.24, 2.45) is 16.2 Å². The van der Waals surface area contributed by atoms with Crippen molar-refractivity contribution >= 4 is 21.9 Å².